The molecule has 0 aliphatic carbocycles. The smallest absolute Gasteiger partial charge is 0.309 e. The molecule has 2 heterocycles. The van der Waals surface area contributed by atoms with E-state index in [0.29, 0.717) is 64.5 Å². The fourth-order valence-electron chi connectivity index (χ4n) is 3.71. The highest BCUT2D eigenvalue weighted by molar-refractivity contribution is 7.89. The van der Waals surface area contributed by atoms with Crippen molar-refractivity contribution in [3.05, 3.63) is 22.0 Å². The van der Waals surface area contributed by atoms with E-state index in [1.807, 2.05) is 13.8 Å². The number of aliphatic carboxylic acids is 1. The van der Waals surface area contributed by atoms with E-state index in [0.717, 1.165) is 0 Å². The van der Waals surface area contributed by atoms with Crippen LogP contribution in [0.25, 0.3) is 0 Å². The van der Waals surface area contributed by atoms with Crippen molar-refractivity contribution in [1.29, 1.82) is 0 Å². The highest BCUT2D eigenvalue weighted by Gasteiger charge is 2.27. The molecule has 0 saturated carbocycles. The van der Waals surface area contributed by atoms with Crippen molar-refractivity contribution >= 4 is 48.0 Å². The molecule has 0 fully saturated rings. The van der Waals surface area contributed by atoms with Crippen LogP contribution in [0.4, 0.5) is 0 Å². The predicted octanol–water partition coefficient (Wildman–Crippen LogP) is 3.83. The number of aliphatic hydroxyl groups excluding tert-OH is 1. The van der Waals surface area contributed by atoms with Crippen LogP contribution in [-0.2, 0) is 43.6 Å². The molecular weight excluding hydrogens is 476 g/mol. The quantitative estimate of drug-likeness (QED) is 0.301. The van der Waals surface area contributed by atoms with E-state index in [9.17, 15) is 33.0 Å². The third-order valence-corrected chi connectivity index (χ3v) is 9.69. The molecular formula is C25H36O7S2-2. The lowest BCUT2D eigenvalue weighted by atomic mass is 9.87. The molecule has 0 unspecified atom stereocenters. The summed E-state index contributed by atoms with van der Waals surface area (Å²) in [5.74, 6) is -1.16. The van der Waals surface area contributed by atoms with Crippen molar-refractivity contribution in [2.45, 2.75) is 85.5 Å². The first-order valence-corrected chi connectivity index (χ1v) is 13.9. The maximum absolute atomic E-state index is 13.0. The molecule has 2 aliphatic heterocycles. The zero-order chi connectivity index (χ0) is 25.7. The summed E-state index contributed by atoms with van der Waals surface area (Å²) in [5, 5.41) is 18.7. The van der Waals surface area contributed by atoms with Gasteiger partial charge in [0.15, 0.2) is 11.6 Å². The summed E-state index contributed by atoms with van der Waals surface area (Å²) in [6.45, 7) is 7.06. The minimum Gasteiger partial charge on any atom is -0.481 e. The number of carboxylic acids is 1. The van der Waals surface area contributed by atoms with E-state index in [1.165, 1.54) is 12.2 Å². The van der Waals surface area contributed by atoms with Gasteiger partial charge in [-0.1, -0.05) is 26.7 Å². The number of ketones is 2. The molecule has 0 aromatic heterocycles. The largest absolute Gasteiger partial charge is 0.481 e. The minimum atomic E-state index is -1.45. The fourth-order valence-corrected chi connectivity index (χ4v) is 6.71. The van der Waals surface area contributed by atoms with Crippen molar-refractivity contribution in [3.63, 3.8) is 0 Å². The molecule has 0 radical (unpaired) electrons. The normalized spacial score (nSPS) is 18.9. The molecule has 0 aromatic carbocycles. The van der Waals surface area contributed by atoms with Gasteiger partial charge in [0.1, 0.15) is 0 Å². The maximum Gasteiger partial charge on any atom is 0.309 e. The van der Waals surface area contributed by atoms with Gasteiger partial charge in [-0.2, -0.15) is 9.73 Å². The van der Waals surface area contributed by atoms with Crippen LogP contribution in [-0.4, -0.2) is 44.1 Å². The Balaban J connectivity index is 2.05. The Morgan fingerprint density at radius 1 is 0.853 bits per heavy atom. The average Bonchev–Trinajstić information content (AvgIpc) is 2.75. The van der Waals surface area contributed by atoms with Gasteiger partial charge in [0.05, 0.1) is 5.41 Å². The number of carbonyl (C=O) groups excluding carboxylic acids is 2. The van der Waals surface area contributed by atoms with Crippen LogP contribution in [0.5, 0.6) is 0 Å². The second-order valence-corrected chi connectivity index (χ2v) is 13.8. The van der Waals surface area contributed by atoms with Crippen LogP contribution in [0.1, 0.15) is 85.5 Å². The standard InChI is InChI=1S/C25H36O7S2/c1-24(2,16-26)10-8-21-14-17(27)12-19(33(21)31)6-5-7-20-13-18(28)15-22(34(20)32)9-11-25(3,4)23(29)30/h13-14,26H,5-12,15-16H2,1-4H3,(H,29,30)/q-2. The van der Waals surface area contributed by atoms with Gasteiger partial charge in [0, 0.05) is 19.4 Å². The summed E-state index contributed by atoms with van der Waals surface area (Å²) in [4.78, 5) is 38.0. The van der Waals surface area contributed by atoms with Crippen LogP contribution in [0.2, 0.25) is 0 Å². The van der Waals surface area contributed by atoms with Crippen LogP contribution in [0.15, 0.2) is 22.0 Å². The molecule has 2 rings (SSSR count). The molecule has 0 spiro atoms. The van der Waals surface area contributed by atoms with Crippen LogP contribution in [0, 0.1) is 10.8 Å². The van der Waals surface area contributed by atoms with Crippen LogP contribution < -0.4 is 0 Å². The van der Waals surface area contributed by atoms with E-state index in [1.54, 1.807) is 13.8 Å². The molecule has 0 atom stereocenters. The zero-order valence-corrected chi connectivity index (χ0v) is 22.1. The summed E-state index contributed by atoms with van der Waals surface area (Å²) in [7, 11) is -2.82. The Morgan fingerprint density at radius 2 is 1.35 bits per heavy atom. The second-order valence-electron chi connectivity index (χ2n) is 10.5. The van der Waals surface area contributed by atoms with Gasteiger partial charge < -0.3 is 18.6 Å². The molecule has 2 N–H and O–H groups in total. The van der Waals surface area contributed by atoms with E-state index in [2.05, 4.69) is 0 Å². The molecule has 0 bridgehead atoms. The Bertz CT molecular complexity index is 1080. The average molecular weight is 513 g/mol. The van der Waals surface area contributed by atoms with Gasteiger partial charge >= 0.3 is 5.97 Å². The molecule has 0 saturated heterocycles. The molecule has 2 aliphatic rings. The zero-order valence-electron chi connectivity index (χ0n) is 20.5. The Kier molecular flexibility index (Phi) is 9.91. The summed E-state index contributed by atoms with van der Waals surface area (Å²) < 4.78 is 25.9. The number of hydrogen-bond acceptors (Lipinski definition) is 8. The molecule has 7 nitrogen and oxygen atoms in total. The van der Waals surface area contributed by atoms with Crippen molar-refractivity contribution in [3.8, 4) is 0 Å². The number of carbonyl (C=O) groups is 3. The first-order valence-electron chi connectivity index (χ1n) is 11.6. The Hall–Kier alpha value is -1.71. The minimum absolute atomic E-state index is 0.00914. The van der Waals surface area contributed by atoms with Crippen LogP contribution >= 0.6 is 0 Å². The van der Waals surface area contributed by atoms with Gasteiger partial charge in [-0.15, -0.1) is 9.81 Å². The monoisotopic (exact) mass is 512 g/mol. The predicted molar refractivity (Wildman–Crippen MR) is 136 cm³/mol. The van der Waals surface area contributed by atoms with Crippen molar-refractivity contribution in [1.82, 2.24) is 0 Å². The molecule has 34 heavy (non-hydrogen) atoms. The van der Waals surface area contributed by atoms with E-state index >= 15 is 0 Å². The number of aliphatic hydroxyl groups is 1. The second kappa shape index (κ2) is 11.8. The van der Waals surface area contributed by atoms with Gasteiger partial charge in [-0.25, -0.2) is 20.8 Å². The maximum atomic E-state index is 13.0. The fraction of sp³-hybridized carbons (Fsp3) is 0.640. The lowest BCUT2D eigenvalue weighted by Crippen LogP contribution is -2.26. The van der Waals surface area contributed by atoms with E-state index < -0.39 is 32.2 Å². The van der Waals surface area contributed by atoms with Crippen molar-refractivity contribution in [2.75, 3.05) is 6.61 Å². The molecule has 192 valence electrons. The number of carboxylic acid groups (broad SMARTS) is 1. The third-order valence-electron chi connectivity index (χ3n) is 6.35. The Labute approximate surface area is 205 Å². The summed E-state index contributed by atoms with van der Waals surface area (Å²) in [6.07, 6.45) is 6.11. The van der Waals surface area contributed by atoms with E-state index in [4.69, 9.17) is 0 Å². The van der Waals surface area contributed by atoms with E-state index in [-0.39, 0.29) is 36.4 Å². The first kappa shape index (κ1) is 28.5. The summed E-state index contributed by atoms with van der Waals surface area (Å²) in [5.41, 5.74) is -1.28. The molecule has 9 heteroatoms. The summed E-state index contributed by atoms with van der Waals surface area (Å²) >= 11 is 0. The molecule has 0 aromatic rings. The van der Waals surface area contributed by atoms with Crippen molar-refractivity contribution < 1.29 is 33.0 Å². The third kappa shape index (κ3) is 7.92. The lowest BCUT2D eigenvalue weighted by Gasteiger charge is -2.28. The highest BCUT2D eigenvalue weighted by Crippen LogP contribution is 2.28. The molecule has 0 amide bonds. The van der Waals surface area contributed by atoms with Gasteiger partial charge in [0.25, 0.3) is 0 Å². The van der Waals surface area contributed by atoms with Gasteiger partial charge in [0.2, 0.25) is 0 Å². The number of hydrogen-bond donors (Lipinski definition) is 2. The topological polar surface area (TPSA) is 126 Å². The van der Waals surface area contributed by atoms with Crippen molar-refractivity contribution in [2.24, 2.45) is 10.8 Å². The highest BCUT2D eigenvalue weighted by atomic mass is 32.2. The first-order chi connectivity index (χ1) is 15.8. The SMILES string of the molecule is CC(C)(CO)CCC1=CC(=O)CC(CCCC2=CC(=O)CC(CCC(C)(C)C(=O)O)=[S-]2=O)=[S-]1=O. The lowest BCUT2D eigenvalue weighted by molar-refractivity contribution is -0.147. The van der Waals surface area contributed by atoms with Crippen LogP contribution in [0.3, 0.4) is 0 Å². The Morgan fingerprint density at radius 3 is 1.85 bits per heavy atom. The summed E-state index contributed by atoms with van der Waals surface area (Å²) in [6, 6.07) is 0. The number of rotatable bonds is 12. The number of allylic oxidation sites excluding steroid dienone is 4. The van der Waals surface area contributed by atoms with Gasteiger partial charge in [-0.3, -0.25) is 14.4 Å². The van der Waals surface area contributed by atoms with Gasteiger partial charge in [-0.05, 0) is 63.5 Å².